The van der Waals surface area contributed by atoms with Crippen LogP contribution in [-0.2, 0) is 4.79 Å². The van der Waals surface area contributed by atoms with E-state index in [1.54, 1.807) is 0 Å². The van der Waals surface area contributed by atoms with Crippen LogP contribution in [0.1, 0.15) is 32.1 Å². The zero-order valence-corrected chi connectivity index (χ0v) is 7.31. The molecule has 0 radical (unpaired) electrons. The predicted octanol–water partition coefficient (Wildman–Crippen LogP) is 0.394. The first-order chi connectivity index (χ1) is 5.70. The van der Waals surface area contributed by atoms with Gasteiger partial charge in [-0.05, 0) is 32.1 Å². The third-order valence-electron chi connectivity index (χ3n) is 2.91. The Morgan fingerprint density at radius 1 is 1.50 bits per heavy atom. The molecule has 0 bridgehead atoms. The lowest BCUT2D eigenvalue weighted by Gasteiger charge is -2.38. The molecule has 0 saturated heterocycles. The van der Waals surface area contributed by atoms with Crippen molar-refractivity contribution in [3.8, 4) is 0 Å². The van der Waals surface area contributed by atoms with Crippen molar-refractivity contribution in [1.29, 1.82) is 0 Å². The van der Waals surface area contributed by atoms with Crippen LogP contribution in [-0.4, -0.2) is 18.0 Å². The van der Waals surface area contributed by atoms with Gasteiger partial charge >= 0.3 is 0 Å². The molecule has 3 N–H and O–H groups in total. The molecule has 1 amide bonds. The minimum absolute atomic E-state index is 0.0649. The van der Waals surface area contributed by atoms with E-state index >= 15 is 0 Å². The first-order valence-electron chi connectivity index (χ1n) is 4.76. The Balaban J connectivity index is 1.70. The number of carbonyl (C=O) groups is 1. The minimum atomic E-state index is -0.0649. The summed E-state index contributed by atoms with van der Waals surface area (Å²) >= 11 is 0. The van der Waals surface area contributed by atoms with Crippen LogP contribution in [0.15, 0.2) is 0 Å². The van der Waals surface area contributed by atoms with E-state index in [0.29, 0.717) is 12.5 Å². The lowest BCUT2D eigenvalue weighted by Crippen LogP contribution is -2.55. The topological polar surface area (TPSA) is 55.1 Å². The molecule has 2 rings (SSSR count). The number of carbonyl (C=O) groups excluding carboxylic acids is 1. The molecule has 12 heavy (non-hydrogen) atoms. The van der Waals surface area contributed by atoms with Crippen molar-refractivity contribution in [2.24, 2.45) is 11.7 Å². The largest absolute Gasteiger partial charge is 0.354 e. The Hall–Kier alpha value is -0.570. The van der Waals surface area contributed by atoms with Crippen LogP contribution >= 0.6 is 0 Å². The smallest absolute Gasteiger partial charge is 0.223 e. The second-order valence-electron chi connectivity index (χ2n) is 4.21. The second kappa shape index (κ2) is 2.73. The molecule has 2 fully saturated rings. The number of amides is 1. The molecule has 0 aromatic carbocycles. The molecule has 0 aromatic rings. The van der Waals surface area contributed by atoms with Crippen molar-refractivity contribution in [1.82, 2.24) is 5.32 Å². The summed E-state index contributed by atoms with van der Waals surface area (Å²) < 4.78 is 0. The highest BCUT2D eigenvalue weighted by Crippen LogP contribution is 2.30. The quantitative estimate of drug-likeness (QED) is 0.640. The molecule has 0 atom stereocenters. The highest BCUT2D eigenvalue weighted by atomic mass is 16.2. The van der Waals surface area contributed by atoms with Crippen molar-refractivity contribution in [3.05, 3.63) is 0 Å². The van der Waals surface area contributed by atoms with Crippen molar-refractivity contribution in [3.63, 3.8) is 0 Å². The summed E-state index contributed by atoms with van der Waals surface area (Å²) in [5, 5.41) is 2.92. The summed E-state index contributed by atoms with van der Waals surface area (Å²) in [5.41, 5.74) is 5.89. The van der Waals surface area contributed by atoms with Gasteiger partial charge in [0.2, 0.25) is 5.91 Å². The van der Waals surface area contributed by atoms with Crippen LogP contribution in [0.3, 0.4) is 0 Å². The van der Waals surface area contributed by atoms with E-state index in [2.05, 4.69) is 5.32 Å². The molecular weight excluding hydrogens is 152 g/mol. The molecule has 3 nitrogen and oxygen atoms in total. The van der Waals surface area contributed by atoms with Crippen molar-refractivity contribution < 1.29 is 4.79 Å². The van der Waals surface area contributed by atoms with Crippen LogP contribution in [0.5, 0.6) is 0 Å². The third kappa shape index (κ3) is 1.61. The molecule has 2 saturated carbocycles. The molecule has 0 unspecified atom stereocenters. The van der Waals surface area contributed by atoms with E-state index < -0.39 is 0 Å². The van der Waals surface area contributed by atoms with Gasteiger partial charge in [0.05, 0.1) is 0 Å². The van der Waals surface area contributed by atoms with Gasteiger partial charge in [0.15, 0.2) is 0 Å². The van der Waals surface area contributed by atoms with E-state index in [-0.39, 0.29) is 11.4 Å². The SMILES string of the molecule is NC1(CNC(=O)C2CC2)CCC1. The van der Waals surface area contributed by atoms with Crippen LogP contribution in [0.4, 0.5) is 0 Å². The molecule has 0 heterocycles. The fourth-order valence-electron chi connectivity index (χ4n) is 1.56. The van der Waals surface area contributed by atoms with Gasteiger partial charge in [0, 0.05) is 18.0 Å². The second-order valence-corrected chi connectivity index (χ2v) is 4.21. The number of hydrogen-bond acceptors (Lipinski definition) is 2. The van der Waals surface area contributed by atoms with Gasteiger partial charge in [-0.15, -0.1) is 0 Å². The van der Waals surface area contributed by atoms with Crippen LogP contribution in [0.25, 0.3) is 0 Å². The standard InChI is InChI=1S/C9H16N2O/c10-9(4-1-5-9)6-11-8(12)7-2-3-7/h7H,1-6,10H2,(H,11,12). The first kappa shape index (κ1) is 8.05. The maximum absolute atomic E-state index is 11.2. The Labute approximate surface area is 72.7 Å². The summed E-state index contributed by atoms with van der Waals surface area (Å²) in [6.07, 6.45) is 5.50. The van der Waals surface area contributed by atoms with Gasteiger partial charge in [-0.1, -0.05) is 0 Å². The molecule has 0 aromatic heterocycles. The van der Waals surface area contributed by atoms with Crippen LogP contribution < -0.4 is 11.1 Å². The molecule has 2 aliphatic rings. The number of nitrogens with two attached hydrogens (primary N) is 1. The Bertz CT molecular complexity index is 195. The van der Waals surface area contributed by atoms with Gasteiger partial charge < -0.3 is 11.1 Å². The predicted molar refractivity (Wildman–Crippen MR) is 46.5 cm³/mol. The van der Waals surface area contributed by atoms with E-state index in [4.69, 9.17) is 5.73 Å². The Morgan fingerprint density at radius 2 is 2.17 bits per heavy atom. The van der Waals surface area contributed by atoms with Crippen molar-refractivity contribution >= 4 is 5.91 Å². The van der Waals surface area contributed by atoms with Crippen LogP contribution in [0, 0.1) is 5.92 Å². The maximum Gasteiger partial charge on any atom is 0.223 e. The van der Waals surface area contributed by atoms with Crippen molar-refractivity contribution in [2.45, 2.75) is 37.6 Å². The molecule has 0 spiro atoms. The fraction of sp³-hybridized carbons (Fsp3) is 0.889. The summed E-state index contributed by atoms with van der Waals surface area (Å²) in [6, 6.07) is 0. The van der Waals surface area contributed by atoms with E-state index in [9.17, 15) is 4.79 Å². The van der Waals surface area contributed by atoms with E-state index in [1.165, 1.54) is 6.42 Å². The molecule has 2 aliphatic carbocycles. The molecule has 0 aliphatic heterocycles. The average Bonchev–Trinajstić information content (AvgIpc) is 2.78. The number of nitrogens with one attached hydrogen (secondary N) is 1. The number of rotatable bonds is 3. The van der Waals surface area contributed by atoms with Crippen LogP contribution in [0.2, 0.25) is 0 Å². The highest BCUT2D eigenvalue weighted by molar-refractivity contribution is 5.80. The van der Waals surface area contributed by atoms with Gasteiger partial charge in [0.1, 0.15) is 0 Å². The summed E-state index contributed by atoms with van der Waals surface area (Å²) in [7, 11) is 0. The Morgan fingerprint density at radius 3 is 2.58 bits per heavy atom. The van der Waals surface area contributed by atoms with Gasteiger partial charge in [0.25, 0.3) is 0 Å². The number of hydrogen-bond donors (Lipinski definition) is 2. The summed E-state index contributed by atoms with van der Waals surface area (Å²) in [5.74, 6) is 0.528. The average molecular weight is 168 g/mol. The van der Waals surface area contributed by atoms with Gasteiger partial charge in [-0.25, -0.2) is 0 Å². The normalized spacial score (nSPS) is 26.1. The molecular formula is C9H16N2O. The highest BCUT2D eigenvalue weighted by Gasteiger charge is 2.35. The zero-order valence-electron chi connectivity index (χ0n) is 7.31. The van der Waals surface area contributed by atoms with E-state index in [1.807, 2.05) is 0 Å². The van der Waals surface area contributed by atoms with E-state index in [0.717, 1.165) is 25.7 Å². The Kier molecular flexibility index (Phi) is 1.83. The third-order valence-corrected chi connectivity index (χ3v) is 2.91. The summed E-state index contributed by atoms with van der Waals surface area (Å²) in [6.45, 7) is 0.683. The minimum Gasteiger partial charge on any atom is -0.354 e. The monoisotopic (exact) mass is 168 g/mol. The molecule has 3 heteroatoms. The maximum atomic E-state index is 11.2. The van der Waals surface area contributed by atoms with Crippen molar-refractivity contribution in [2.75, 3.05) is 6.54 Å². The lowest BCUT2D eigenvalue weighted by molar-refractivity contribution is -0.122. The summed E-state index contributed by atoms with van der Waals surface area (Å²) in [4.78, 5) is 11.2. The fourth-order valence-corrected chi connectivity index (χ4v) is 1.56. The van der Waals surface area contributed by atoms with Gasteiger partial charge in [-0.2, -0.15) is 0 Å². The lowest BCUT2D eigenvalue weighted by atomic mass is 9.78. The zero-order chi connectivity index (χ0) is 8.60. The van der Waals surface area contributed by atoms with Gasteiger partial charge in [-0.3, -0.25) is 4.79 Å². The molecule has 68 valence electrons. The first-order valence-corrected chi connectivity index (χ1v) is 4.76.